The molecule has 45 heteroatoms. The van der Waals surface area contributed by atoms with Crippen LogP contribution in [-0.2, 0) is 0 Å². The number of ether oxygens (including phenoxy) is 2. The summed E-state index contributed by atoms with van der Waals surface area (Å²) in [7, 11) is 1.56. The number of hydrogen-bond acceptors (Lipinski definition) is 27. The van der Waals surface area contributed by atoms with Gasteiger partial charge in [0.1, 0.15) is 58.1 Å². The topological polar surface area (TPSA) is 427 Å². The van der Waals surface area contributed by atoms with E-state index in [9.17, 15) is 48.3 Å². The number of benzene rings is 10. The predicted octanol–water partition coefficient (Wildman–Crippen LogP) is 22.3. The van der Waals surface area contributed by atoms with E-state index < -0.39 is 64.5 Å². The number of methoxy groups -OCH3 is 1. The molecule has 10 aromatic carbocycles. The van der Waals surface area contributed by atoms with Gasteiger partial charge in [0.05, 0.1) is 67.3 Å². The number of aromatic nitrogens is 20. The summed E-state index contributed by atoms with van der Waals surface area (Å²) in [6.07, 6.45) is -0.628. The number of fused-ring (bicyclic) bond motifs is 5. The highest BCUT2D eigenvalue weighted by Gasteiger charge is 2.35. The molecular formula is C98H79Cl2F11N30O2. The molecule has 0 spiro atoms. The van der Waals surface area contributed by atoms with E-state index in [1.807, 2.05) is 109 Å². The first-order valence-corrected chi connectivity index (χ1v) is 44.3. The Bertz CT molecular complexity index is 8250. The molecule has 2 fully saturated rings. The van der Waals surface area contributed by atoms with E-state index in [0.717, 1.165) is 94.2 Å². The minimum atomic E-state index is -4.80. The minimum absolute atomic E-state index is 0.00403. The number of nitrogens with zero attached hydrogens (tertiary/aromatic N) is 20. The van der Waals surface area contributed by atoms with Crippen molar-refractivity contribution >= 4 is 165 Å². The SMILES string of the molecule is COc1ccc(Nc2nc(-n3c(C)nc4cc(F)ccc43)nc(N)c2F)cc1.Cc1ccc(Nc2nc(-n3c(C)nc4cc(F)ccc43)nc(N)c2F)cc1.Cc1ccc2c(c1)nc(C)n2-c1nc(N)c(F)c(Nc2ccc(OC(F)(F)F)cc2)n1.Nc1nc(-n2c(C3CC3)nc3ccccc32)nc(Nc2ccc(Cl)c(F)c2)c1F.Nc1nc(-n2c(C3CC3)nc3ccccc32)nc(Nc2ccc(Cl)cc2)c1F. The fourth-order valence-corrected chi connectivity index (χ4v) is 15.4. The van der Waals surface area contributed by atoms with Crippen molar-refractivity contribution in [2.24, 2.45) is 0 Å². The Balaban J connectivity index is 0.000000118. The smallest absolute Gasteiger partial charge is 0.497 e. The molecule has 724 valence electrons. The Hall–Kier alpha value is -17.6. The summed E-state index contributed by atoms with van der Waals surface area (Å²) in [6.45, 7) is 9.10. The second-order valence-electron chi connectivity index (χ2n) is 32.7. The monoisotopic (exact) mass is 1990 g/mol. The molecule has 0 bridgehead atoms. The van der Waals surface area contributed by atoms with Crippen LogP contribution >= 0.6 is 23.2 Å². The number of anilines is 15. The lowest BCUT2D eigenvalue weighted by Gasteiger charge is -2.13. The van der Waals surface area contributed by atoms with Gasteiger partial charge in [-0.2, -0.15) is 71.8 Å². The zero-order valence-corrected chi connectivity index (χ0v) is 77.3. The van der Waals surface area contributed by atoms with Crippen LogP contribution in [0.2, 0.25) is 10.0 Å². The molecule has 0 amide bonds. The Morgan fingerprint density at radius 2 is 0.622 bits per heavy atom. The van der Waals surface area contributed by atoms with Crippen molar-refractivity contribution in [3.8, 4) is 41.2 Å². The van der Waals surface area contributed by atoms with Gasteiger partial charge in [0.15, 0.2) is 58.2 Å². The molecular weight excluding hydrogens is 1910 g/mol. The number of halogens is 13. The second-order valence-corrected chi connectivity index (χ2v) is 33.5. The van der Waals surface area contributed by atoms with Crippen LogP contribution in [0.25, 0.3) is 84.9 Å². The molecule has 2 aliphatic rings. The third-order valence-corrected chi connectivity index (χ3v) is 22.8. The highest BCUT2D eigenvalue weighted by atomic mass is 35.5. The number of alkyl halides is 3. The van der Waals surface area contributed by atoms with Gasteiger partial charge in [-0.1, -0.05) is 71.2 Å². The quantitative estimate of drug-likeness (QED) is 0.0336. The zero-order chi connectivity index (χ0) is 101. The van der Waals surface area contributed by atoms with Crippen LogP contribution in [0.15, 0.2) is 218 Å². The molecule has 0 radical (unpaired) electrons. The number of para-hydroxylation sites is 4. The number of nitrogens with one attached hydrogen (secondary N) is 5. The molecule has 32 nitrogen and oxygen atoms in total. The highest BCUT2D eigenvalue weighted by molar-refractivity contribution is 6.31. The first kappa shape index (κ1) is 95.7. The summed E-state index contributed by atoms with van der Waals surface area (Å²) >= 11 is 11.6. The minimum Gasteiger partial charge on any atom is -0.497 e. The Morgan fingerprint density at radius 1 is 0.315 bits per heavy atom. The molecule has 20 aromatic rings. The molecule has 22 rings (SSSR count). The predicted molar refractivity (Wildman–Crippen MR) is 525 cm³/mol. The van der Waals surface area contributed by atoms with Crippen LogP contribution in [0.4, 0.5) is 135 Å². The lowest BCUT2D eigenvalue weighted by atomic mass is 10.2. The maximum Gasteiger partial charge on any atom is 0.573 e. The molecule has 0 atom stereocenters. The second kappa shape index (κ2) is 39.7. The number of aryl methyl sites for hydroxylation is 5. The van der Waals surface area contributed by atoms with Gasteiger partial charge in [-0.3, -0.25) is 22.8 Å². The van der Waals surface area contributed by atoms with Gasteiger partial charge in [-0.15, -0.1) is 13.2 Å². The van der Waals surface area contributed by atoms with Crippen molar-refractivity contribution in [3.63, 3.8) is 0 Å². The number of hydrogen-bond donors (Lipinski definition) is 10. The molecule has 0 saturated heterocycles. The van der Waals surface area contributed by atoms with E-state index in [-0.39, 0.29) is 92.6 Å². The van der Waals surface area contributed by atoms with Gasteiger partial charge in [0, 0.05) is 57.4 Å². The average Bonchev–Trinajstić information content (AvgIpc) is 1.61. The van der Waals surface area contributed by atoms with Crippen LogP contribution < -0.4 is 64.7 Å². The van der Waals surface area contributed by atoms with Gasteiger partial charge in [0.2, 0.25) is 58.8 Å². The summed E-state index contributed by atoms with van der Waals surface area (Å²) in [5, 5.41) is 14.8. The van der Waals surface area contributed by atoms with E-state index in [2.05, 4.69) is 96.1 Å². The van der Waals surface area contributed by atoms with Crippen LogP contribution in [-0.4, -0.2) is 111 Å². The maximum absolute atomic E-state index is 14.6. The standard InChI is InChI=1S/C20H15ClF2N6.C20H16ClFN6.C20H16F4N6O.C19H16F2N6O.C19H16F2N6/c21-12-8-7-11(9-13(12)22)25-18-16(23)17(24)27-20(28-18)29-15-4-2-1-3-14(15)26-19(29)10-5-6-10;21-12-7-9-13(10-8-12)24-18-16(22)17(23)26-20(27-18)28-15-4-2-1-3-14(15)25-19(28)11-5-6-11;1-10-3-8-15-14(9-10)26-11(2)30(15)19-28-17(25)16(21)18(29-19)27-12-4-6-13(7-5-12)31-20(22,23)24;1-10-23-14-9-11(20)3-8-15(14)27(10)19-25-17(22)16(21)18(26-19)24-12-4-6-13(28-2)7-5-12;1-10-3-6-13(7-4-10)24-18-16(21)17(22)25-19(26-18)27-11(2)23-14-9-12(20)5-8-15(14)27/h1-4,7-10H,5-6H2,(H3,24,25,27,28);1-4,7-11H,5-6H2,(H3,23,24,26,27);3-9H,1-2H3,(H3,25,27,28,29);3-9H,1-2H3,(H3,22,24,25,26);3-9H,1-2H3,(H3,22,24,25,26). The van der Waals surface area contributed by atoms with E-state index in [1.54, 1.807) is 107 Å². The van der Waals surface area contributed by atoms with Crippen LogP contribution in [0, 0.1) is 81.2 Å². The fraction of sp³-hybridized carbons (Fsp3) is 0.133. The molecule has 0 unspecified atom stereocenters. The van der Waals surface area contributed by atoms with Gasteiger partial charge in [-0.05, 0) is 230 Å². The Kier molecular flexibility index (Phi) is 26.6. The largest absolute Gasteiger partial charge is 0.573 e. The Labute approximate surface area is 813 Å². The molecule has 10 aromatic heterocycles. The number of nitrogen functional groups attached to an aromatic ring is 5. The molecule has 2 aliphatic carbocycles. The third kappa shape index (κ3) is 21.1. The average molecular weight is 1990 g/mol. The molecule has 143 heavy (non-hydrogen) atoms. The third-order valence-electron chi connectivity index (χ3n) is 22.2. The van der Waals surface area contributed by atoms with Crippen LogP contribution in [0.3, 0.4) is 0 Å². The molecule has 2 saturated carbocycles. The van der Waals surface area contributed by atoms with Crippen molar-refractivity contribution in [2.75, 3.05) is 62.4 Å². The van der Waals surface area contributed by atoms with Gasteiger partial charge >= 0.3 is 6.36 Å². The lowest BCUT2D eigenvalue weighted by Crippen LogP contribution is -2.17. The van der Waals surface area contributed by atoms with Crippen LogP contribution in [0.5, 0.6) is 11.5 Å². The van der Waals surface area contributed by atoms with Gasteiger partial charge in [0.25, 0.3) is 0 Å². The molecule has 15 N–H and O–H groups in total. The summed E-state index contributed by atoms with van der Waals surface area (Å²) in [5.74, 6) is -2.29. The number of nitrogens with two attached hydrogens (primary N) is 5. The molecule has 0 aliphatic heterocycles. The van der Waals surface area contributed by atoms with Crippen molar-refractivity contribution in [3.05, 3.63) is 315 Å². The number of rotatable bonds is 19. The van der Waals surface area contributed by atoms with E-state index >= 15 is 0 Å². The number of imidazole rings is 5. The van der Waals surface area contributed by atoms with Crippen molar-refractivity contribution in [2.45, 2.75) is 78.5 Å². The van der Waals surface area contributed by atoms with Crippen molar-refractivity contribution in [1.29, 1.82) is 0 Å². The van der Waals surface area contributed by atoms with E-state index in [1.165, 1.54) is 48.5 Å². The summed E-state index contributed by atoms with van der Waals surface area (Å²) < 4.78 is 168. The van der Waals surface area contributed by atoms with Gasteiger partial charge in [-0.25, -0.2) is 38.1 Å². The molecule has 10 heterocycles. The Morgan fingerprint density at radius 3 is 0.979 bits per heavy atom. The maximum atomic E-state index is 14.6. The summed E-state index contributed by atoms with van der Waals surface area (Å²) in [6, 6.07) is 59.4. The van der Waals surface area contributed by atoms with Gasteiger partial charge < -0.3 is 64.7 Å². The normalized spacial score (nSPS) is 12.3. The highest BCUT2D eigenvalue weighted by Crippen LogP contribution is 2.45. The summed E-state index contributed by atoms with van der Waals surface area (Å²) in [5.41, 5.74) is 40.4. The first-order valence-electron chi connectivity index (χ1n) is 43.6. The van der Waals surface area contributed by atoms with E-state index in [0.29, 0.717) is 90.7 Å². The lowest BCUT2D eigenvalue weighted by molar-refractivity contribution is -0.274. The van der Waals surface area contributed by atoms with E-state index in [4.69, 9.17) is 66.6 Å². The summed E-state index contributed by atoms with van der Waals surface area (Å²) in [4.78, 5) is 64.5. The van der Waals surface area contributed by atoms with Crippen LogP contribution in [0.1, 0.15) is 77.8 Å². The first-order chi connectivity index (χ1) is 68.6. The zero-order valence-electron chi connectivity index (χ0n) is 75.8. The fourth-order valence-electron chi connectivity index (χ4n) is 15.2. The van der Waals surface area contributed by atoms with Crippen molar-refractivity contribution in [1.82, 2.24) is 97.6 Å². The van der Waals surface area contributed by atoms with Crippen molar-refractivity contribution < 1.29 is 57.8 Å².